The Hall–Kier alpha value is -3.12. The van der Waals surface area contributed by atoms with E-state index in [9.17, 15) is 9.59 Å². The van der Waals surface area contributed by atoms with E-state index >= 15 is 0 Å². The number of hydrogen-bond acceptors (Lipinski definition) is 4. The van der Waals surface area contributed by atoms with Gasteiger partial charge in [0.2, 0.25) is 11.8 Å². The summed E-state index contributed by atoms with van der Waals surface area (Å²) in [6.07, 6.45) is 5.51. The number of para-hydroxylation sites is 1. The van der Waals surface area contributed by atoms with E-state index in [-0.39, 0.29) is 24.4 Å². The smallest absolute Gasteiger partial charge is 0.247 e. The van der Waals surface area contributed by atoms with Crippen molar-refractivity contribution < 1.29 is 9.59 Å². The highest BCUT2D eigenvalue weighted by Gasteiger charge is 2.33. The summed E-state index contributed by atoms with van der Waals surface area (Å²) in [5.74, 6) is -0.169. The van der Waals surface area contributed by atoms with Gasteiger partial charge in [0.15, 0.2) is 0 Å². The van der Waals surface area contributed by atoms with Gasteiger partial charge < -0.3 is 15.1 Å². The first kappa shape index (κ1) is 24.0. The molecule has 178 valence electrons. The van der Waals surface area contributed by atoms with E-state index in [4.69, 9.17) is 0 Å². The highest BCUT2D eigenvalue weighted by Crippen LogP contribution is 2.27. The Kier molecular flexibility index (Phi) is 8.36. The number of thiophene rings is 1. The molecule has 1 fully saturated rings. The second-order valence-corrected chi connectivity index (χ2v) is 9.98. The van der Waals surface area contributed by atoms with Crippen molar-refractivity contribution in [3.8, 4) is 0 Å². The summed E-state index contributed by atoms with van der Waals surface area (Å²) in [5, 5.41) is 5.28. The number of anilines is 1. The Balaban J connectivity index is 1.62. The molecule has 0 radical (unpaired) electrons. The quantitative estimate of drug-likeness (QED) is 0.451. The summed E-state index contributed by atoms with van der Waals surface area (Å²) in [5.41, 5.74) is 1.80. The zero-order valence-corrected chi connectivity index (χ0v) is 20.5. The number of nitrogens with zero attached hydrogens (tertiary/aromatic N) is 2. The zero-order chi connectivity index (χ0) is 23.8. The van der Waals surface area contributed by atoms with Crippen molar-refractivity contribution in [3.63, 3.8) is 0 Å². The van der Waals surface area contributed by atoms with Crippen molar-refractivity contribution in [2.24, 2.45) is 0 Å². The SMILES string of the molecule is CN(CC(=O)N(Cc1cccs1)C(C(=O)NC1CCCCC1)c1ccccc1)c1ccccc1. The predicted octanol–water partition coefficient (Wildman–Crippen LogP) is 5.40. The molecule has 1 N–H and O–H groups in total. The average Bonchev–Trinajstić information content (AvgIpc) is 3.39. The van der Waals surface area contributed by atoms with Crippen molar-refractivity contribution in [1.29, 1.82) is 0 Å². The van der Waals surface area contributed by atoms with Gasteiger partial charge in [0, 0.05) is 23.7 Å². The Bertz CT molecular complexity index is 1030. The van der Waals surface area contributed by atoms with Crippen LogP contribution in [0.5, 0.6) is 0 Å². The highest BCUT2D eigenvalue weighted by atomic mass is 32.1. The number of carbonyl (C=O) groups excluding carboxylic acids is 2. The fourth-order valence-electron chi connectivity index (χ4n) is 4.60. The van der Waals surface area contributed by atoms with Crippen LogP contribution in [0.1, 0.15) is 48.6 Å². The van der Waals surface area contributed by atoms with E-state index < -0.39 is 6.04 Å². The van der Waals surface area contributed by atoms with Gasteiger partial charge >= 0.3 is 0 Å². The molecule has 1 heterocycles. The number of rotatable bonds is 9. The summed E-state index contributed by atoms with van der Waals surface area (Å²) in [6, 6.07) is 23.1. The number of likely N-dealkylation sites (N-methyl/N-ethyl adjacent to an activating group) is 1. The minimum atomic E-state index is -0.679. The van der Waals surface area contributed by atoms with Crippen molar-refractivity contribution in [1.82, 2.24) is 10.2 Å². The van der Waals surface area contributed by atoms with Crippen LogP contribution < -0.4 is 10.2 Å². The van der Waals surface area contributed by atoms with Gasteiger partial charge in [-0.25, -0.2) is 0 Å². The Morgan fingerprint density at radius 2 is 1.62 bits per heavy atom. The molecule has 5 nitrogen and oxygen atoms in total. The number of amides is 2. The monoisotopic (exact) mass is 475 g/mol. The van der Waals surface area contributed by atoms with Gasteiger partial charge in [-0.1, -0.05) is 73.9 Å². The van der Waals surface area contributed by atoms with Gasteiger partial charge in [0.1, 0.15) is 6.04 Å². The molecule has 0 aliphatic heterocycles. The zero-order valence-electron chi connectivity index (χ0n) is 19.7. The van der Waals surface area contributed by atoms with Crippen LogP contribution in [0, 0.1) is 0 Å². The predicted molar refractivity (Wildman–Crippen MR) is 139 cm³/mol. The van der Waals surface area contributed by atoms with Crippen molar-refractivity contribution in [3.05, 3.63) is 88.6 Å². The average molecular weight is 476 g/mol. The lowest BCUT2D eigenvalue weighted by atomic mass is 9.94. The third kappa shape index (κ3) is 6.26. The molecule has 1 atom stereocenters. The van der Waals surface area contributed by atoms with Crippen LogP contribution in [0.25, 0.3) is 0 Å². The lowest BCUT2D eigenvalue weighted by Crippen LogP contribution is -2.48. The molecule has 2 amide bonds. The largest absolute Gasteiger partial charge is 0.365 e. The Labute approximate surface area is 206 Å². The second kappa shape index (κ2) is 11.8. The van der Waals surface area contributed by atoms with Crippen LogP contribution in [0.15, 0.2) is 78.2 Å². The normalized spacial score (nSPS) is 14.9. The molecule has 1 aromatic heterocycles. The molecule has 34 heavy (non-hydrogen) atoms. The lowest BCUT2D eigenvalue weighted by Gasteiger charge is -2.34. The summed E-state index contributed by atoms with van der Waals surface area (Å²) in [6.45, 7) is 0.589. The molecule has 4 rings (SSSR count). The van der Waals surface area contributed by atoms with Crippen LogP contribution in [0.4, 0.5) is 5.69 Å². The van der Waals surface area contributed by atoms with Gasteiger partial charge in [-0.05, 0) is 42.0 Å². The van der Waals surface area contributed by atoms with Gasteiger partial charge in [-0.3, -0.25) is 9.59 Å². The van der Waals surface area contributed by atoms with E-state index in [2.05, 4.69) is 5.32 Å². The van der Waals surface area contributed by atoms with E-state index in [0.717, 1.165) is 41.8 Å². The first-order chi connectivity index (χ1) is 16.6. The molecule has 1 saturated carbocycles. The number of carbonyl (C=O) groups is 2. The maximum atomic E-state index is 13.8. The van der Waals surface area contributed by atoms with Crippen LogP contribution >= 0.6 is 11.3 Å². The maximum Gasteiger partial charge on any atom is 0.247 e. The molecule has 1 aliphatic rings. The number of hydrogen-bond donors (Lipinski definition) is 1. The van der Waals surface area contributed by atoms with Gasteiger partial charge in [-0.2, -0.15) is 0 Å². The molecular formula is C28H33N3O2S. The van der Waals surface area contributed by atoms with Crippen LogP contribution in [-0.2, 0) is 16.1 Å². The summed E-state index contributed by atoms with van der Waals surface area (Å²) < 4.78 is 0. The first-order valence-corrected chi connectivity index (χ1v) is 12.9. The van der Waals surface area contributed by atoms with Gasteiger partial charge in [-0.15, -0.1) is 11.3 Å². The van der Waals surface area contributed by atoms with Crippen LogP contribution in [0.3, 0.4) is 0 Å². The summed E-state index contributed by atoms with van der Waals surface area (Å²) in [4.78, 5) is 32.2. The van der Waals surface area contributed by atoms with Crippen LogP contribution in [-0.4, -0.2) is 36.3 Å². The fourth-order valence-corrected chi connectivity index (χ4v) is 5.30. The molecule has 1 aliphatic carbocycles. The minimum Gasteiger partial charge on any atom is -0.365 e. The molecule has 1 unspecified atom stereocenters. The molecule has 2 aromatic carbocycles. The molecule has 6 heteroatoms. The van der Waals surface area contributed by atoms with Crippen LogP contribution in [0.2, 0.25) is 0 Å². The van der Waals surface area contributed by atoms with E-state index in [1.165, 1.54) is 6.42 Å². The summed E-state index contributed by atoms with van der Waals surface area (Å²) in [7, 11) is 1.91. The topological polar surface area (TPSA) is 52.7 Å². The number of nitrogens with one attached hydrogen (secondary N) is 1. The maximum absolute atomic E-state index is 13.8. The third-order valence-corrected chi connectivity index (χ3v) is 7.28. The minimum absolute atomic E-state index is 0.0765. The fraction of sp³-hybridized carbons (Fsp3) is 0.357. The number of benzene rings is 2. The van der Waals surface area contributed by atoms with E-state index in [0.29, 0.717) is 6.54 Å². The molecule has 0 spiro atoms. The Morgan fingerprint density at radius 1 is 0.941 bits per heavy atom. The molecule has 0 saturated heterocycles. The van der Waals surface area contributed by atoms with Gasteiger partial charge in [0.25, 0.3) is 0 Å². The molecule has 3 aromatic rings. The van der Waals surface area contributed by atoms with Crippen molar-refractivity contribution >= 4 is 28.8 Å². The third-order valence-electron chi connectivity index (χ3n) is 6.42. The first-order valence-electron chi connectivity index (χ1n) is 12.0. The lowest BCUT2D eigenvalue weighted by molar-refractivity contribution is -0.141. The standard InChI is InChI=1S/C28H33N3O2S/c1-30(24-16-9-4-10-17-24)21-26(32)31(20-25-18-11-19-34-25)27(22-12-5-2-6-13-22)28(33)29-23-14-7-3-8-15-23/h2,4-6,9-13,16-19,23,27H,3,7-8,14-15,20-21H2,1H3,(H,29,33). The summed E-state index contributed by atoms with van der Waals surface area (Å²) >= 11 is 1.60. The molecule has 0 bridgehead atoms. The van der Waals surface area contributed by atoms with Gasteiger partial charge in [0.05, 0.1) is 13.1 Å². The molecular weight excluding hydrogens is 442 g/mol. The van der Waals surface area contributed by atoms with Crippen molar-refractivity contribution in [2.45, 2.75) is 50.7 Å². The van der Waals surface area contributed by atoms with E-state index in [1.54, 1.807) is 16.2 Å². The van der Waals surface area contributed by atoms with E-state index in [1.807, 2.05) is 90.1 Å². The second-order valence-electron chi connectivity index (χ2n) is 8.95. The Morgan fingerprint density at radius 3 is 2.26 bits per heavy atom. The van der Waals surface area contributed by atoms with Crippen molar-refractivity contribution in [2.75, 3.05) is 18.5 Å². The highest BCUT2D eigenvalue weighted by molar-refractivity contribution is 7.09.